The Labute approximate surface area is 92.6 Å². The third-order valence-corrected chi connectivity index (χ3v) is 2.73. The van der Waals surface area contributed by atoms with E-state index < -0.39 is 0 Å². The highest BCUT2D eigenvalue weighted by Gasteiger charge is 1.99. The smallest absolute Gasteiger partial charge is 0.0417 e. The van der Waals surface area contributed by atoms with Crippen LogP contribution in [-0.2, 0) is 6.54 Å². The molecule has 0 unspecified atom stereocenters. The molecule has 0 aliphatic heterocycles. The molecule has 0 radical (unpaired) electrons. The molecule has 0 saturated heterocycles. The summed E-state index contributed by atoms with van der Waals surface area (Å²) in [4.78, 5) is 0. The zero-order chi connectivity index (χ0) is 9.68. The van der Waals surface area contributed by atoms with E-state index in [1.54, 1.807) is 0 Å². The van der Waals surface area contributed by atoms with E-state index in [1.165, 1.54) is 5.56 Å². The number of hydrogen-bond acceptors (Lipinski definition) is 1. The van der Waals surface area contributed by atoms with Gasteiger partial charge >= 0.3 is 0 Å². The minimum Gasteiger partial charge on any atom is -0.313 e. The quantitative estimate of drug-likeness (QED) is 0.818. The van der Waals surface area contributed by atoms with Crippen molar-refractivity contribution in [2.45, 2.75) is 19.9 Å². The van der Waals surface area contributed by atoms with Crippen LogP contribution in [0.4, 0.5) is 0 Å². The summed E-state index contributed by atoms with van der Waals surface area (Å²) < 4.78 is 1.07. The van der Waals surface area contributed by atoms with Gasteiger partial charge in [-0.2, -0.15) is 0 Å². The minimum absolute atomic E-state index is 0.770. The van der Waals surface area contributed by atoms with E-state index in [2.05, 4.69) is 28.2 Å². The van der Waals surface area contributed by atoms with Gasteiger partial charge in [-0.25, -0.2) is 0 Å². The number of benzene rings is 1. The van der Waals surface area contributed by atoms with E-state index >= 15 is 0 Å². The molecule has 3 heteroatoms. The maximum atomic E-state index is 5.83. The fraction of sp³-hybridized carbons (Fsp3) is 0.400. The molecular formula is C10H13BrClN. The topological polar surface area (TPSA) is 12.0 Å². The Morgan fingerprint density at radius 1 is 1.46 bits per heavy atom. The molecule has 1 N–H and O–H groups in total. The predicted molar refractivity (Wildman–Crippen MR) is 61.1 cm³/mol. The highest BCUT2D eigenvalue weighted by molar-refractivity contribution is 9.10. The molecule has 0 aliphatic carbocycles. The van der Waals surface area contributed by atoms with Gasteiger partial charge in [0.05, 0.1) is 0 Å². The molecule has 0 spiro atoms. The molecule has 0 saturated carbocycles. The molecule has 0 atom stereocenters. The van der Waals surface area contributed by atoms with E-state index in [9.17, 15) is 0 Å². The fourth-order valence-electron chi connectivity index (χ4n) is 1.06. The highest BCUT2D eigenvalue weighted by Crippen LogP contribution is 2.21. The first-order valence-corrected chi connectivity index (χ1v) is 5.55. The van der Waals surface area contributed by atoms with Crippen molar-refractivity contribution in [1.82, 2.24) is 5.32 Å². The highest BCUT2D eigenvalue weighted by atomic mass is 79.9. The van der Waals surface area contributed by atoms with Crippen LogP contribution in [0.5, 0.6) is 0 Å². The van der Waals surface area contributed by atoms with Crippen LogP contribution in [0.25, 0.3) is 0 Å². The lowest BCUT2D eigenvalue weighted by molar-refractivity contribution is 0.674. The van der Waals surface area contributed by atoms with Gasteiger partial charge in [0.2, 0.25) is 0 Å². The van der Waals surface area contributed by atoms with E-state index in [1.807, 2.05) is 18.2 Å². The largest absolute Gasteiger partial charge is 0.313 e. The molecular weight excluding hydrogens is 249 g/mol. The number of nitrogens with one attached hydrogen (secondary N) is 1. The predicted octanol–water partition coefficient (Wildman–Crippen LogP) is 3.60. The summed E-state index contributed by atoms with van der Waals surface area (Å²) in [5.41, 5.74) is 1.25. The van der Waals surface area contributed by atoms with E-state index in [0.717, 1.165) is 29.0 Å². The van der Waals surface area contributed by atoms with Crippen molar-refractivity contribution in [3.05, 3.63) is 33.3 Å². The Kier molecular flexibility index (Phi) is 4.78. The monoisotopic (exact) mass is 261 g/mol. The first-order chi connectivity index (χ1) is 6.24. The lowest BCUT2D eigenvalue weighted by atomic mass is 10.2. The van der Waals surface area contributed by atoms with Gasteiger partial charge in [0, 0.05) is 16.0 Å². The minimum atomic E-state index is 0.770. The number of halogens is 2. The second kappa shape index (κ2) is 5.63. The summed E-state index contributed by atoms with van der Waals surface area (Å²) in [5, 5.41) is 4.11. The Hall–Kier alpha value is -0.0500. The second-order valence-electron chi connectivity index (χ2n) is 2.91. The molecule has 0 bridgehead atoms. The Bertz CT molecular complexity index is 276. The first-order valence-electron chi connectivity index (χ1n) is 4.38. The Balaban J connectivity index is 2.56. The summed E-state index contributed by atoms with van der Waals surface area (Å²) in [6, 6.07) is 5.87. The van der Waals surface area contributed by atoms with Crippen LogP contribution in [0.15, 0.2) is 22.7 Å². The second-order valence-corrected chi connectivity index (χ2v) is 4.20. The van der Waals surface area contributed by atoms with Gasteiger partial charge in [-0.15, -0.1) is 0 Å². The summed E-state index contributed by atoms with van der Waals surface area (Å²) in [6.45, 7) is 4.10. The van der Waals surface area contributed by atoms with Gasteiger partial charge in [-0.05, 0) is 30.7 Å². The summed E-state index contributed by atoms with van der Waals surface area (Å²) in [5.74, 6) is 0. The SMILES string of the molecule is CCCNCc1ccc(Cl)cc1Br. The van der Waals surface area contributed by atoms with Crippen molar-refractivity contribution in [2.75, 3.05) is 6.54 Å². The molecule has 0 fully saturated rings. The van der Waals surface area contributed by atoms with E-state index in [-0.39, 0.29) is 0 Å². The zero-order valence-electron chi connectivity index (χ0n) is 7.61. The molecule has 13 heavy (non-hydrogen) atoms. The van der Waals surface area contributed by atoms with Crippen LogP contribution in [0.3, 0.4) is 0 Å². The molecule has 72 valence electrons. The van der Waals surface area contributed by atoms with Crippen molar-refractivity contribution in [2.24, 2.45) is 0 Å². The average molecular weight is 263 g/mol. The Morgan fingerprint density at radius 2 is 2.23 bits per heavy atom. The standard InChI is InChI=1S/C10H13BrClN/c1-2-5-13-7-8-3-4-9(12)6-10(8)11/h3-4,6,13H,2,5,7H2,1H3. The van der Waals surface area contributed by atoms with Crippen molar-refractivity contribution in [3.63, 3.8) is 0 Å². The van der Waals surface area contributed by atoms with Crippen LogP contribution < -0.4 is 5.32 Å². The van der Waals surface area contributed by atoms with Crippen LogP contribution >= 0.6 is 27.5 Å². The molecule has 1 aromatic carbocycles. The maximum Gasteiger partial charge on any atom is 0.0417 e. The van der Waals surface area contributed by atoms with Gasteiger partial charge < -0.3 is 5.32 Å². The van der Waals surface area contributed by atoms with Crippen molar-refractivity contribution in [1.29, 1.82) is 0 Å². The molecule has 0 amide bonds. The van der Waals surface area contributed by atoms with Crippen LogP contribution in [-0.4, -0.2) is 6.54 Å². The number of rotatable bonds is 4. The van der Waals surface area contributed by atoms with Gasteiger partial charge in [-0.3, -0.25) is 0 Å². The molecule has 1 nitrogen and oxygen atoms in total. The normalized spacial score (nSPS) is 10.4. The third kappa shape index (κ3) is 3.67. The lowest BCUT2D eigenvalue weighted by Crippen LogP contribution is -2.13. The summed E-state index contributed by atoms with van der Waals surface area (Å²) >= 11 is 9.30. The maximum absolute atomic E-state index is 5.83. The summed E-state index contributed by atoms with van der Waals surface area (Å²) in [7, 11) is 0. The van der Waals surface area contributed by atoms with Gasteiger partial charge in [0.1, 0.15) is 0 Å². The van der Waals surface area contributed by atoms with Crippen LogP contribution in [0.2, 0.25) is 5.02 Å². The van der Waals surface area contributed by atoms with Gasteiger partial charge in [0.15, 0.2) is 0 Å². The van der Waals surface area contributed by atoms with E-state index in [4.69, 9.17) is 11.6 Å². The molecule has 0 aromatic heterocycles. The average Bonchev–Trinajstić information content (AvgIpc) is 2.09. The van der Waals surface area contributed by atoms with Crippen LogP contribution in [0.1, 0.15) is 18.9 Å². The Morgan fingerprint density at radius 3 is 2.85 bits per heavy atom. The van der Waals surface area contributed by atoms with Gasteiger partial charge in [0.25, 0.3) is 0 Å². The zero-order valence-corrected chi connectivity index (χ0v) is 9.95. The van der Waals surface area contributed by atoms with Crippen molar-refractivity contribution < 1.29 is 0 Å². The summed E-state index contributed by atoms with van der Waals surface area (Å²) in [6.07, 6.45) is 1.16. The van der Waals surface area contributed by atoms with Crippen LogP contribution in [0, 0.1) is 0 Å². The number of hydrogen-bond donors (Lipinski definition) is 1. The third-order valence-electron chi connectivity index (χ3n) is 1.76. The lowest BCUT2D eigenvalue weighted by Gasteiger charge is -2.05. The molecule has 1 aromatic rings. The van der Waals surface area contributed by atoms with E-state index in [0.29, 0.717) is 0 Å². The first kappa shape index (κ1) is 11.0. The molecule has 0 heterocycles. The van der Waals surface area contributed by atoms with Crippen molar-refractivity contribution >= 4 is 27.5 Å². The fourth-order valence-corrected chi connectivity index (χ4v) is 1.89. The van der Waals surface area contributed by atoms with Gasteiger partial charge in [-0.1, -0.05) is 40.5 Å². The van der Waals surface area contributed by atoms with Crippen molar-refractivity contribution in [3.8, 4) is 0 Å². The molecule has 0 aliphatic rings. The molecule has 1 rings (SSSR count).